The Kier molecular flexibility index (Phi) is 5.42. The highest BCUT2D eigenvalue weighted by molar-refractivity contribution is 6.36. The van der Waals surface area contributed by atoms with Crippen molar-refractivity contribution in [3.8, 4) is 0 Å². The van der Waals surface area contributed by atoms with Crippen LogP contribution in [0, 0.1) is 27.7 Å². The summed E-state index contributed by atoms with van der Waals surface area (Å²) in [5, 5.41) is 3.27. The third-order valence-corrected chi connectivity index (χ3v) is 5.52. The van der Waals surface area contributed by atoms with Gasteiger partial charge in [0.1, 0.15) is 5.70 Å². The van der Waals surface area contributed by atoms with Crippen LogP contribution in [0.2, 0.25) is 0 Å². The lowest BCUT2D eigenvalue weighted by Crippen LogP contribution is -2.32. The van der Waals surface area contributed by atoms with Gasteiger partial charge in [0.2, 0.25) is 0 Å². The highest BCUT2D eigenvalue weighted by Crippen LogP contribution is 2.34. The lowest BCUT2D eigenvalue weighted by molar-refractivity contribution is -0.137. The molecule has 0 radical (unpaired) electrons. The van der Waals surface area contributed by atoms with E-state index >= 15 is 0 Å². The molecule has 1 aliphatic heterocycles. The first-order chi connectivity index (χ1) is 14.8. The second-order valence-corrected chi connectivity index (χ2v) is 8.07. The van der Waals surface area contributed by atoms with Crippen LogP contribution in [0.15, 0.2) is 66.6 Å². The number of pyridine rings is 1. The quantitative estimate of drug-likeness (QED) is 0.618. The highest BCUT2D eigenvalue weighted by Gasteiger charge is 2.39. The smallest absolute Gasteiger partial charge is 0.278 e. The van der Waals surface area contributed by atoms with Crippen LogP contribution in [0.1, 0.15) is 33.4 Å². The van der Waals surface area contributed by atoms with Crippen LogP contribution in [0.25, 0.3) is 5.57 Å². The maximum Gasteiger partial charge on any atom is 0.278 e. The number of hydrogen-bond donors (Lipinski definition) is 1. The summed E-state index contributed by atoms with van der Waals surface area (Å²) in [5.41, 5.74) is 7.32. The fourth-order valence-corrected chi connectivity index (χ4v) is 3.94. The summed E-state index contributed by atoms with van der Waals surface area (Å²) < 4.78 is 0. The second kappa shape index (κ2) is 8.19. The third-order valence-electron chi connectivity index (χ3n) is 5.52. The number of carbonyl (C=O) groups is 2. The van der Waals surface area contributed by atoms with Crippen molar-refractivity contribution < 1.29 is 9.59 Å². The maximum atomic E-state index is 13.5. The average molecular weight is 412 g/mol. The molecular weight excluding hydrogens is 386 g/mol. The predicted molar refractivity (Wildman–Crippen MR) is 122 cm³/mol. The molecule has 31 heavy (non-hydrogen) atoms. The van der Waals surface area contributed by atoms with Crippen molar-refractivity contribution in [2.45, 2.75) is 34.2 Å². The zero-order chi connectivity index (χ0) is 22.1. The number of amides is 2. The summed E-state index contributed by atoms with van der Waals surface area (Å²) >= 11 is 0. The molecular formula is C26H25N3O2. The summed E-state index contributed by atoms with van der Waals surface area (Å²) in [7, 11) is 0. The molecule has 0 aliphatic carbocycles. The molecule has 0 fully saturated rings. The normalized spacial score (nSPS) is 13.9. The molecule has 0 unspecified atom stereocenters. The van der Waals surface area contributed by atoms with E-state index in [1.807, 2.05) is 70.2 Å². The topological polar surface area (TPSA) is 62.3 Å². The molecule has 1 aliphatic rings. The Morgan fingerprint density at radius 1 is 0.871 bits per heavy atom. The van der Waals surface area contributed by atoms with E-state index in [1.165, 1.54) is 4.90 Å². The molecule has 0 saturated heterocycles. The molecule has 0 bridgehead atoms. The van der Waals surface area contributed by atoms with E-state index in [0.717, 1.165) is 39.1 Å². The number of nitrogens with one attached hydrogen (secondary N) is 1. The van der Waals surface area contributed by atoms with Gasteiger partial charge in [-0.25, -0.2) is 0 Å². The number of rotatable bonds is 5. The Hall–Kier alpha value is -3.73. The van der Waals surface area contributed by atoms with Crippen LogP contribution >= 0.6 is 0 Å². The van der Waals surface area contributed by atoms with Crippen LogP contribution in [-0.2, 0) is 16.1 Å². The van der Waals surface area contributed by atoms with Gasteiger partial charge in [-0.3, -0.25) is 19.5 Å². The van der Waals surface area contributed by atoms with Crippen LogP contribution in [0.5, 0.6) is 0 Å². The number of hydrogen-bond acceptors (Lipinski definition) is 4. The molecule has 156 valence electrons. The number of benzene rings is 2. The summed E-state index contributed by atoms with van der Waals surface area (Å²) in [4.78, 5) is 32.3. The van der Waals surface area contributed by atoms with E-state index in [9.17, 15) is 9.59 Å². The minimum absolute atomic E-state index is 0.179. The van der Waals surface area contributed by atoms with Crippen molar-refractivity contribution in [3.05, 3.63) is 100 Å². The van der Waals surface area contributed by atoms with Crippen LogP contribution in [-0.4, -0.2) is 21.7 Å². The summed E-state index contributed by atoms with van der Waals surface area (Å²) in [6.07, 6.45) is 3.34. The summed E-state index contributed by atoms with van der Waals surface area (Å²) in [5.74, 6) is -0.628. The van der Waals surface area contributed by atoms with Gasteiger partial charge in [0.25, 0.3) is 11.8 Å². The van der Waals surface area contributed by atoms with Crippen molar-refractivity contribution in [2.24, 2.45) is 0 Å². The van der Waals surface area contributed by atoms with Gasteiger partial charge in [0.15, 0.2) is 0 Å². The van der Waals surface area contributed by atoms with E-state index < -0.39 is 0 Å². The number of nitrogens with zero attached hydrogens (tertiary/aromatic N) is 2. The maximum absolute atomic E-state index is 13.5. The molecule has 0 spiro atoms. The zero-order valence-electron chi connectivity index (χ0n) is 18.2. The standard InChI is InChI=1S/C26H25N3O2/c1-16-7-9-21(18(3)12-16)23-24(28-22-10-8-17(2)13-19(22)4)26(31)29(25(23)30)15-20-6-5-11-27-14-20/h5-14,28H,15H2,1-4H3. The van der Waals surface area contributed by atoms with Gasteiger partial charge < -0.3 is 5.32 Å². The summed E-state index contributed by atoms with van der Waals surface area (Å²) in [6.45, 7) is 8.16. The average Bonchev–Trinajstić information content (AvgIpc) is 2.95. The molecule has 5 heteroatoms. The monoisotopic (exact) mass is 411 g/mol. The molecule has 4 rings (SSSR count). The van der Waals surface area contributed by atoms with Crippen molar-refractivity contribution in [1.29, 1.82) is 0 Å². The Morgan fingerprint density at radius 3 is 2.23 bits per heavy atom. The third kappa shape index (κ3) is 3.99. The number of aryl methyl sites for hydroxylation is 4. The van der Waals surface area contributed by atoms with Crippen LogP contribution in [0.3, 0.4) is 0 Å². The fourth-order valence-electron chi connectivity index (χ4n) is 3.94. The second-order valence-electron chi connectivity index (χ2n) is 8.07. The number of aromatic nitrogens is 1. The fraction of sp³-hybridized carbons (Fsp3) is 0.192. The minimum Gasteiger partial charge on any atom is -0.350 e. The lowest BCUT2D eigenvalue weighted by Gasteiger charge is -2.15. The SMILES string of the molecule is Cc1ccc(NC2=C(c3ccc(C)cc3C)C(=O)N(Cc3cccnc3)C2=O)c(C)c1. The van der Waals surface area contributed by atoms with E-state index in [0.29, 0.717) is 11.3 Å². The van der Waals surface area contributed by atoms with Crippen molar-refractivity contribution >= 4 is 23.1 Å². The minimum atomic E-state index is -0.330. The van der Waals surface area contributed by atoms with Gasteiger partial charge in [-0.15, -0.1) is 0 Å². The van der Waals surface area contributed by atoms with Gasteiger partial charge >= 0.3 is 0 Å². The molecule has 2 aromatic carbocycles. The molecule has 2 amide bonds. The van der Waals surface area contributed by atoms with Crippen molar-refractivity contribution in [1.82, 2.24) is 9.88 Å². The first-order valence-corrected chi connectivity index (χ1v) is 10.3. The molecule has 0 atom stereocenters. The first-order valence-electron chi connectivity index (χ1n) is 10.3. The molecule has 3 aromatic rings. The highest BCUT2D eigenvalue weighted by atomic mass is 16.2. The van der Waals surface area contributed by atoms with E-state index in [4.69, 9.17) is 0 Å². The molecule has 0 saturated carbocycles. The largest absolute Gasteiger partial charge is 0.350 e. The molecule has 2 heterocycles. The lowest BCUT2D eigenvalue weighted by atomic mass is 9.97. The zero-order valence-corrected chi connectivity index (χ0v) is 18.2. The van der Waals surface area contributed by atoms with Crippen LogP contribution < -0.4 is 5.32 Å². The Bertz CT molecular complexity index is 1210. The van der Waals surface area contributed by atoms with E-state index in [2.05, 4.69) is 10.3 Å². The number of carbonyl (C=O) groups excluding carboxylic acids is 2. The molecule has 1 aromatic heterocycles. The van der Waals surface area contributed by atoms with Crippen molar-refractivity contribution in [2.75, 3.05) is 5.32 Å². The molecule has 5 nitrogen and oxygen atoms in total. The van der Waals surface area contributed by atoms with Gasteiger partial charge in [-0.1, -0.05) is 47.5 Å². The molecule has 1 N–H and O–H groups in total. The van der Waals surface area contributed by atoms with Gasteiger partial charge in [-0.05, 0) is 62.1 Å². The Morgan fingerprint density at radius 2 is 1.58 bits per heavy atom. The van der Waals surface area contributed by atoms with Gasteiger partial charge in [0.05, 0.1) is 12.1 Å². The Balaban J connectivity index is 1.80. The predicted octanol–water partition coefficient (Wildman–Crippen LogP) is 4.71. The summed E-state index contributed by atoms with van der Waals surface area (Å²) in [6, 6.07) is 15.6. The number of anilines is 1. The van der Waals surface area contributed by atoms with E-state index in [-0.39, 0.29) is 18.4 Å². The van der Waals surface area contributed by atoms with Crippen LogP contribution in [0.4, 0.5) is 5.69 Å². The first kappa shape index (κ1) is 20.5. The van der Waals surface area contributed by atoms with E-state index in [1.54, 1.807) is 18.5 Å². The van der Waals surface area contributed by atoms with Gasteiger partial charge in [-0.2, -0.15) is 0 Å². The van der Waals surface area contributed by atoms with Crippen molar-refractivity contribution in [3.63, 3.8) is 0 Å². The Labute approximate surface area is 182 Å². The van der Waals surface area contributed by atoms with Gasteiger partial charge in [0, 0.05) is 18.1 Å². The number of imide groups is 1.